The van der Waals surface area contributed by atoms with Gasteiger partial charge in [0.15, 0.2) is 5.78 Å². The molecule has 1 N–H and O–H groups in total. The first kappa shape index (κ1) is 34.3. The quantitative estimate of drug-likeness (QED) is 0.149. The van der Waals surface area contributed by atoms with Crippen LogP contribution in [0.5, 0.6) is 5.75 Å². The standard InChI is InChI=1S/C18H24O4.3CO.Fe/c1-3-4-5-9-16(19)13-17(20)11-12-22-14-15-8-6-7-10-18(15)21-2;3*1-2;/h3-10,17,20H,11-14H2,1-2H3;;;;/b4-3+,9-5+;;;;/t17-;;;;/m1..../s1. The largest absolute Gasteiger partial charge is 0 e. The minimum atomic E-state index is -0.680. The van der Waals surface area contributed by atoms with E-state index in [0.717, 1.165) is 11.3 Å². The molecule has 0 amide bonds. The van der Waals surface area contributed by atoms with Gasteiger partial charge in [-0.15, -0.1) is 0 Å². The molecule has 7 nitrogen and oxygen atoms in total. The van der Waals surface area contributed by atoms with Crippen LogP contribution in [0.1, 0.15) is 25.3 Å². The van der Waals surface area contributed by atoms with E-state index in [9.17, 15) is 9.90 Å². The molecule has 0 radical (unpaired) electrons. The number of allylic oxidation sites excluding steroid dienone is 4. The van der Waals surface area contributed by atoms with Crippen LogP contribution in [0, 0.1) is 20.0 Å². The molecule has 0 heterocycles. The molecular formula is C21H24FeO7. The van der Waals surface area contributed by atoms with E-state index in [2.05, 4.69) is 20.0 Å². The number of aliphatic hydroxyl groups is 1. The van der Waals surface area contributed by atoms with Gasteiger partial charge in [0.1, 0.15) is 5.75 Å². The van der Waals surface area contributed by atoms with E-state index in [-0.39, 0.29) is 29.3 Å². The molecule has 1 rings (SSSR count). The number of benzene rings is 1. The van der Waals surface area contributed by atoms with E-state index in [1.165, 1.54) is 6.08 Å². The second-order valence-corrected chi connectivity index (χ2v) is 4.86. The van der Waals surface area contributed by atoms with E-state index < -0.39 is 6.10 Å². The summed E-state index contributed by atoms with van der Waals surface area (Å²) in [7, 11) is 1.62. The van der Waals surface area contributed by atoms with Crippen molar-refractivity contribution in [2.45, 2.75) is 32.5 Å². The summed E-state index contributed by atoms with van der Waals surface area (Å²) in [6.07, 6.45) is 6.63. The summed E-state index contributed by atoms with van der Waals surface area (Å²) in [6, 6.07) is 7.64. The number of para-hydroxylation sites is 1. The van der Waals surface area contributed by atoms with E-state index in [0.29, 0.717) is 19.6 Å². The summed E-state index contributed by atoms with van der Waals surface area (Å²) < 4.78 is 33.3. The van der Waals surface area contributed by atoms with E-state index in [1.54, 1.807) is 19.3 Å². The molecule has 0 unspecified atom stereocenters. The van der Waals surface area contributed by atoms with Crippen LogP contribution < -0.4 is 4.74 Å². The molecule has 0 aliphatic carbocycles. The Labute approximate surface area is 182 Å². The maximum atomic E-state index is 11.5. The second kappa shape index (κ2) is 28.0. The van der Waals surface area contributed by atoms with Gasteiger partial charge in [0.05, 0.1) is 19.8 Å². The fourth-order valence-corrected chi connectivity index (χ4v) is 1.90. The predicted octanol–water partition coefficient (Wildman–Crippen LogP) is 2.94. The van der Waals surface area contributed by atoms with Gasteiger partial charge >= 0.3 is 33.9 Å². The topological polar surface area (TPSA) is 115 Å². The van der Waals surface area contributed by atoms with Crippen LogP contribution in [0.3, 0.4) is 0 Å². The molecule has 1 atom stereocenters. The molecule has 158 valence electrons. The summed E-state index contributed by atoms with van der Waals surface area (Å²) >= 11 is 0. The van der Waals surface area contributed by atoms with Crippen molar-refractivity contribution in [1.29, 1.82) is 0 Å². The van der Waals surface area contributed by atoms with Crippen molar-refractivity contribution in [3.8, 4) is 5.75 Å². The van der Waals surface area contributed by atoms with Gasteiger partial charge in [0.2, 0.25) is 0 Å². The Morgan fingerprint density at radius 2 is 1.72 bits per heavy atom. The Morgan fingerprint density at radius 3 is 2.28 bits per heavy atom. The molecule has 8 heteroatoms. The first-order chi connectivity index (χ1) is 13.7. The number of ketones is 1. The van der Waals surface area contributed by atoms with E-state index in [4.69, 9.17) is 23.4 Å². The fourth-order valence-electron chi connectivity index (χ4n) is 1.90. The molecule has 0 saturated heterocycles. The van der Waals surface area contributed by atoms with Gasteiger partial charge < -0.3 is 14.6 Å². The van der Waals surface area contributed by atoms with Crippen LogP contribution in [0.15, 0.2) is 48.6 Å². The molecule has 1 aromatic carbocycles. The molecule has 1 aromatic rings. The van der Waals surface area contributed by atoms with Crippen molar-refractivity contribution in [3.05, 3.63) is 74.1 Å². The first-order valence-electron chi connectivity index (χ1n) is 7.98. The van der Waals surface area contributed by atoms with Gasteiger partial charge in [-0.3, -0.25) is 4.79 Å². The zero-order valence-electron chi connectivity index (χ0n) is 16.3. The molecule has 0 aliphatic rings. The number of methoxy groups -OCH3 is 1. The van der Waals surface area contributed by atoms with Crippen LogP contribution >= 0.6 is 0 Å². The summed E-state index contributed by atoms with van der Waals surface area (Å²) in [5.41, 5.74) is 0.963. The fraction of sp³-hybridized carbons (Fsp3) is 0.333. The van der Waals surface area contributed by atoms with Crippen LogP contribution in [0.2, 0.25) is 0 Å². The van der Waals surface area contributed by atoms with Gasteiger partial charge in [0, 0.05) is 35.7 Å². The van der Waals surface area contributed by atoms with Gasteiger partial charge in [-0.2, -0.15) is 0 Å². The van der Waals surface area contributed by atoms with Crippen molar-refractivity contribution < 1.29 is 50.4 Å². The average Bonchev–Trinajstić information content (AvgIpc) is 2.76. The number of hydrogen-bond acceptors (Lipinski definition) is 4. The van der Waals surface area contributed by atoms with Crippen molar-refractivity contribution in [1.82, 2.24) is 0 Å². The molecule has 0 spiro atoms. The van der Waals surface area contributed by atoms with Gasteiger partial charge in [-0.1, -0.05) is 36.4 Å². The molecule has 0 aromatic heterocycles. The van der Waals surface area contributed by atoms with Crippen LogP contribution in [0.4, 0.5) is 0 Å². The third-order valence-electron chi connectivity index (χ3n) is 3.07. The predicted molar refractivity (Wildman–Crippen MR) is 98.6 cm³/mol. The molecule has 29 heavy (non-hydrogen) atoms. The second-order valence-electron chi connectivity index (χ2n) is 4.86. The maximum Gasteiger partial charge on any atom is 0 e. The van der Waals surface area contributed by atoms with Crippen LogP contribution in [-0.4, -0.2) is 30.7 Å². The summed E-state index contributed by atoms with van der Waals surface area (Å²) in [4.78, 5) is 11.5. The number of carbonyl (C=O) groups excluding carboxylic acids is 1. The normalized spacial score (nSPS) is 9.97. The van der Waals surface area contributed by atoms with Crippen LogP contribution in [0.25, 0.3) is 0 Å². The Balaban J connectivity index is -0.000000407. The zero-order chi connectivity index (χ0) is 22.2. The maximum absolute atomic E-state index is 11.5. The third-order valence-corrected chi connectivity index (χ3v) is 3.07. The van der Waals surface area contributed by atoms with Crippen LogP contribution in [-0.2, 0) is 47.2 Å². The summed E-state index contributed by atoms with van der Waals surface area (Å²) in [6.45, 7) is 16.2. The Kier molecular flexibility index (Phi) is 33.2. The number of carbonyl (C=O) groups is 1. The number of ether oxygens (including phenoxy) is 2. The summed E-state index contributed by atoms with van der Waals surface area (Å²) in [5, 5.41) is 9.80. The Morgan fingerprint density at radius 1 is 1.14 bits per heavy atom. The molecule has 0 fully saturated rings. The first-order valence-corrected chi connectivity index (χ1v) is 7.98. The Hall–Kier alpha value is -2.17. The van der Waals surface area contributed by atoms with Crippen molar-refractivity contribution >= 4 is 5.78 Å². The number of hydrogen-bond donors (Lipinski definition) is 1. The average molecular weight is 444 g/mol. The third kappa shape index (κ3) is 20.4. The SMILES string of the molecule is C/C=C/C=C/C(=O)C[C@H](O)CCOCc1ccccc1OC.[C-]#[O+].[C-]#[O+].[C-]#[O+].[Fe]. The van der Waals surface area contributed by atoms with Crippen molar-refractivity contribution in [3.63, 3.8) is 0 Å². The molecule has 0 aliphatic heterocycles. The van der Waals surface area contributed by atoms with Gasteiger partial charge in [0.25, 0.3) is 0 Å². The van der Waals surface area contributed by atoms with E-state index in [1.807, 2.05) is 37.3 Å². The zero-order valence-corrected chi connectivity index (χ0v) is 17.4. The minimum absolute atomic E-state index is 0. The molecule has 0 saturated carbocycles. The number of aliphatic hydroxyl groups excluding tert-OH is 1. The van der Waals surface area contributed by atoms with Gasteiger partial charge in [-0.25, -0.2) is 0 Å². The Bertz CT molecular complexity index is 619. The summed E-state index contributed by atoms with van der Waals surface area (Å²) in [5.74, 6) is 0.697. The smallest absolute Gasteiger partial charge is 0 e. The minimum Gasteiger partial charge on any atom is 0 e. The number of rotatable bonds is 10. The van der Waals surface area contributed by atoms with E-state index >= 15 is 0 Å². The van der Waals surface area contributed by atoms with Gasteiger partial charge in [-0.05, 0) is 25.5 Å². The van der Waals surface area contributed by atoms with Crippen molar-refractivity contribution in [2.24, 2.45) is 0 Å². The molecular weight excluding hydrogens is 420 g/mol. The van der Waals surface area contributed by atoms with Crippen molar-refractivity contribution in [2.75, 3.05) is 13.7 Å². The molecule has 0 bridgehead atoms. The monoisotopic (exact) mass is 444 g/mol.